The normalized spacial score (nSPS) is 12.9. The van der Waals surface area contributed by atoms with Crippen molar-refractivity contribution in [2.24, 2.45) is 5.16 Å². The number of oxime groups is 1. The summed E-state index contributed by atoms with van der Waals surface area (Å²) in [6.45, 7) is 1.52. The number of hydrogen-bond acceptors (Lipinski definition) is 2. The number of rotatable bonds is 2. The second kappa shape index (κ2) is 4.74. The predicted octanol–water partition coefficient (Wildman–Crippen LogP) is 3.75. The van der Waals surface area contributed by atoms with Gasteiger partial charge in [-0.3, -0.25) is 0 Å². The van der Waals surface area contributed by atoms with Gasteiger partial charge in [0.1, 0.15) is 0 Å². The SMILES string of the molecule is CC(Cc1ccc(Cl)c(C(F)(F)F)c1)=NO. The van der Waals surface area contributed by atoms with E-state index in [9.17, 15) is 13.2 Å². The van der Waals surface area contributed by atoms with Crippen molar-refractivity contribution >= 4 is 17.3 Å². The lowest BCUT2D eigenvalue weighted by Gasteiger charge is -2.10. The van der Waals surface area contributed by atoms with E-state index in [1.807, 2.05) is 0 Å². The minimum atomic E-state index is -4.47. The summed E-state index contributed by atoms with van der Waals surface area (Å²) < 4.78 is 37.5. The zero-order chi connectivity index (χ0) is 12.3. The Morgan fingerprint density at radius 3 is 2.56 bits per heavy atom. The second-order valence-electron chi connectivity index (χ2n) is 3.32. The van der Waals surface area contributed by atoms with Crippen LogP contribution in [0.2, 0.25) is 5.02 Å². The van der Waals surface area contributed by atoms with Gasteiger partial charge in [0.15, 0.2) is 0 Å². The van der Waals surface area contributed by atoms with E-state index in [2.05, 4.69) is 5.16 Å². The molecule has 0 fully saturated rings. The molecule has 0 spiro atoms. The van der Waals surface area contributed by atoms with E-state index in [1.165, 1.54) is 19.1 Å². The van der Waals surface area contributed by atoms with Crippen LogP contribution in [0, 0.1) is 0 Å². The minimum absolute atomic E-state index is 0.150. The molecule has 0 atom stereocenters. The lowest BCUT2D eigenvalue weighted by Crippen LogP contribution is -2.07. The zero-order valence-electron chi connectivity index (χ0n) is 8.35. The molecule has 0 bridgehead atoms. The Labute approximate surface area is 95.3 Å². The molecule has 0 aliphatic carbocycles. The highest BCUT2D eigenvalue weighted by molar-refractivity contribution is 6.31. The van der Waals surface area contributed by atoms with Crippen molar-refractivity contribution in [3.05, 3.63) is 34.3 Å². The molecule has 0 aliphatic rings. The summed E-state index contributed by atoms with van der Waals surface area (Å²) in [5.41, 5.74) is -0.153. The van der Waals surface area contributed by atoms with Gasteiger partial charge >= 0.3 is 6.18 Å². The van der Waals surface area contributed by atoms with Crippen LogP contribution in [-0.4, -0.2) is 10.9 Å². The van der Waals surface area contributed by atoms with Crippen LogP contribution in [0.4, 0.5) is 13.2 Å². The third kappa shape index (κ3) is 3.13. The molecular formula is C10H9ClF3NO. The van der Waals surface area contributed by atoms with E-state index < -0.39 is 11.7 Å². The second-order valence-corrected chi connectivity index (χ2v) is 3.73. The molecule has 0 aromatic heterocycles. The maximum atomic E-state index is 12.5. The first-order valence-corrected chi connectivity index (χ1v) is 4.75. The summed E-state index contributed by atoms with van der Waals surface area (Å²) in [7, 11) is 0. The summed E-state index contributed by atoms with van der Waals surface area (Å²) in [5, 5.41) is 11.0. The Hall–Kier alpha value is -1.23. The van der Waals surface area contributed by atoms with Gasteiger partial charge in [-0.05, 0) is 24.6 Å². The van der Waals surface area contributed by atoms with E-state index in [0.717, 1.165) is 6.07 Å². The Balaban J connectivity index is 3.08. The minimum Gasteiger partial charge on any atom is -0.411 e. The van der Waals surface area contributed by atoms with Crippen LogP contribution in [0.1, 0.15) is 18.1 Å². The molecule has 88 valence electrons. The molecule has 0 saturated heterocycles. The standard InChI is InChI=1S/C10H9ClF3NO/c1-6(15-16)4-7-2-3-9(11)8(5-7)10(12,13)14/h2-3,5,16H,4H2,1H3. The summed E-state index contributed by atoms with van der Waals surface area (Å²) >= 11 is 5.45. The largest absolute Gasteiger partial charge is 0.417 e. The Kier molecular flexibility index (Phi) is 3.80. The number of hydrogen-bond donors (Lipinski definition) is 1. The van der Waals surface area contributed by atoms with Crippen molar-refractivity contribution in [3.63, 3.8) is 0 Å². The first-order chi connectivity index (χ1) is 7.34. The van der Waals surface area contributed by atoms with Crippen molar-refractivity contribution in [1.82, 2.24) is 0 Å². The lowest BCUT2D eigenvalue weighted by molar-refractivity contribution is -0.137. The molecular weight excluding hydrogens is 243 g/mol. The van der Waals surface area contributed by atoms with Gasteiger partial charge in [-0.25, -0.2) is 0 Å². The molecule has 0 saturated carbocycles. The van der Waals surface area contributed by atoms with Gasteiger partial charge in [-0.15, -0.1) is 0 Å². The maximum Gasteiger partial charge on any atom is 0.417 e. The van der Waals surface area contributed by atoms with Gasteiger partial charge in [0, 0.05) is 6.42 Å². The van der Waals surface area contributed by atoms with Gasteiger partial charge < -0.3 is 5.21 Å². The van der Waals surface area contributed by atoms with Crippen molar-refractivity contribution in [3.8, 4) is 0 Å². The zero-order valence-corrected chi connectivity index (χ0v) is 9.10. The highest BCUT2D eigenvalue weighted by atomic mass is 35.5. The fraction of sp³-hybridized carbons (Fsp3) is 0.300. The average Bonchev–Trinajstić information content (AvgIpc) is 2.19. The molecule has 0 heterocycles. The number of nitrogens with zero attached hydrogens (tertiary/aromatic N) is 1. The third-order valence-corrected chi connectivity index (χ3v) is 2.30. The molecule has 0 aliphatic heterocycles. The summed E-state index contributed by atoms with van der Waals surface area (Å²) in [6.07, 6.45) is -4.33. The molecule has 0 amide bonds. The van der Waals surface area contributed by atoms with E-state index in [4.69, 9.17) is 16.8 Å². The highest BCUT2D eigenvalue weighted by Crippen LogP contribution is 2.35. The molecule has 6 heteroatoms. The number of benzene rings is 1. The van der Waals surface area contributed by atoms with Gasteiger partial charge in [-0.1, -0.05) is 22.8 Å². The van der Waals surface area contributed by atoms with Crippen LogP contribution in [-0.2, 0) is 12.6 Å². The fourth-order valence-corrected chi connectivity index (χ4v) is 1.46. The van der Waals surface area contributed by atoms with Gasteiger partial charge in [0.05, 0.1) is 16.3 Å². The van der Waals surface area contributed by atoms with Gasteiger partial charge in [0.25, 0.3) is 0 Å². The quantitative estimate of drug-likeness (QED) is 0.485. The van der Waals surface area contributed by atoms with E-state index in [-0.39, 0.29) is 11.4 Å². The van der Waals surface area contributed by atoms with Crippen LogP contribution in [0.3, 0.4) is 0 Å². The monoisotopic (exact) mass is 251 g/mol. The van der Waals surface area contributed by atoms with Crippen molar-refractivity contribution in [1.29, 1.82) is 0 Å². The first kappa shape index (κ1) is 12.8. The van der Waals surface area contributed by atoms with Gasteiger partial charge in [0.2, 0.25) is 0 Å². The van der Waals surface area contributed by atoms with Crippen molar-refractivity contribution < 1.29 is 18.4 Å². The summed E-state index contributed by atoms with van der Waals surface area (Å²) in [4.78, 5) is 0. The summed E-state index contributed by atoms with van der Waals surface area (Å²) in [6, 6.07) is 3.60. The number of halogens is 4. The Bertz CT molecular complexity index is 415. The van der Waals surface area contributed by atoms with Gasteiger partial charge in [-0.2, -0.15) is 13.2 Å². The van der Waals surface area contributed by atoms with Crippen molar-refractivity contribution in [2.45, 2.75) is 19.5 Å². The average molecular weight is 252 g/mol. The lowest BCUT2D eigenvalue weighted by atomic mass is 10.1. The van der Waals surface area contributed by atoms with E-state index in [0.29, 0.717) is 11.3 Å². The van der Waals surface area contributed by atoms with E-state index >= 15 is 0 Å². The molecule has 1 rings (SSSR count). The smallest absolute Gasteiger partial charge is 0.411 e. The molecule has 1 aromatic rings. The van der Waals surface area contributed by atoms with Crippen molar-refractivity contribution in [2.75, 3.05) is 0 Å². The maximum absolute atomic E-state index is 12.5. The first-order valence-electron chi connectivity index (χ1n) is 4.37. The fourth-order valence-electron chi connectivity index (χ4n) is 1.23. The summed E-state index contributed by atoms with van der Waals surface area (Å²) in [5.74, 6) is 0. The van der Waals surface area contributed by atoms with Crippen LogP contribution < -0.4 is 0 Å². The Morgan fingerprint density at radius 1 is 1.44 bits per heavy atom. The van der Waals surface area contributed by atoms with Crippen LogP contribution in [0.15, 0.2) is 23.4 Å². The molecule has 2 nitrogen and oxygen atoms in total. The molecule has 1 aromatic carbocycles. The predicted molar refractivity (Wildman–Crippen MR) is 55.1 cm³/mol. The molecule has 0 radical (unpaired) electrons. The Morgan fingerprint density at radius 2 is 2.06 bits per heavy atom. The highest BCUT2D eigenvalue weighted by Gasteiger charge is 2.33. The third-order valence-electron chi connectivity index (χ3n) is 1.97. The molecule has 16 heavy (non-hydrogen) atoms. The molecule has 1 N–H and O–H groups in total. The number of alkyl halides is 3. The van der Waals surface area contributed by atoms with Crippen LogP contribution in [0.5, 0.6) is 0 Å². The van der Waals surface area contributed by atoms with Crippen LogP contribution >= 0.6 is 11.6 Å². The molecule has 0 unspecified atom stereocenters. The topological polar surface area (TPSA) is 32.6 Å². The van der Waals surface area contributed by atoms with Crippen LogP contribution in [0.25, 0.3) is 0 Å². The van der Waals surface area contributed by atoms with E-state index in [1.54, 1.807) is 0 Å².